The molecule has 0 unspecified atom stereocenters. The van der Waals surface area contributed by atoms with E-state index < -0.39 is 0 Å². The molecule has 0 bridgehead atoms. The maximum Gasteiger partial charge on any atom is 0.226 e. The summed E-state index contributed by atoms with van der Waals surface area (Å²) < 4.78 is 0. The number of hydrogen-bond acceptors (Lipinski definition) is 3. The second-order valence-electron chi connectivity index (χ2n) is 7.84. The van der Waals surface area contributed by atoms with E-state index in [1.165, 1.54) is 5.69 Å². The van der Waals surface area contributed by atoms with Crippen LogP contribution >= 0.6 is 0 Å². The molecule has 2 fully saturated rings. The maximum absolute atomic E-state index is 13.1. The molecule has 2 heterocycles. The van der Waals surface area contributed by atoms with E-state index in [0.717, 1.165) is 32.5 Å². The summed E-state index contributed by atoms with van der Waals surface area (Å²) in [5.74, 6) is 0.432. The van der Waals surface area contributed by atoms with Crippen LogP contribution in [0.1, 0.15) is 33.6 Å². The molecule has 0 radical (unpaired) electrons. The SMILES string of the molecule is CC(=O)N1CCC(C(=O)N2CCN(c3ccccc3)CC2(C)C)CC1. The third kappa shape index (κ3) is 3.80. The van der Waals surface area contributed by atoms with Crippen LogP contribution in [0, 0.1) is 5.92 Å². The molecule has 3 rings (SSSR count). The first kappa shape index (κ1) is 17.8. The Morgan fingerprint density at radius 1 is 1.00 bits per heavy atom. The van der Waals surface area contributed by atoms with Gasteiger partial charge in [0.2, 0.25) is 11.8 Å². The van der Waals surface area contributed by atoms with Crippen LogP contribution in [0.25, 0.3) is 0 Å². The molecule has 0 aliphatic carbocycles. The molecular formula is C20H29N3O2. The first-order valence-electron chi connectivity index (χ1n) is 9.25. The van der Waals surface area contributed by atoms with Gasteiger partial charge in [0.25, 0.3) is 0 Å². The van der Waals surface area contributed by atoms with E-state index in [1.807, 2.05) is 11.0 Å². The average molecular weight is 343 g/mol. The Morgan fingerprint density at radius 2 is 1.64 bits per heavy atom. The van der Waals surface area contributed by atoms with Crippen LogP contribution in [0.3, 0.4) is 0 Å². The summed E-state index contributed by atoms with van der Waals surface area (Å²) in [6.07, 6.45) is 1.57. The predicted octanol–water partition coefficient (Wildman–Crippen LogP) is 2.37. The highest BCUT2D eigenvalue weighted by molar-refractivity contribution is 5.81. The van der Waals surface area contributed by atoms with Crippen molar-refractivity contribution in [1.82, 2.24) is 9.80 Å². The number of benzene rings is 1. The van der Waals surface area contributed by atoms with Crippen LogP contribution in [-0.4, -0.2) is 59.9 Å². The molecule has 136 valence electrons. The van der Waals surface area contributed by atoms with Gasteiger partial charge in [0, 0.05) is 51.3 Å². The number of para-hydroxylation sites is 1. The van der Waals surface area contributed by atoms with Crippen molar-refractivity contribution in [3.8, 4) is 0 Å². The zero-order valence-corrected chi connectivity index (χ0v) is 15.6. The molecule has 2 aliphatic rings. The summed E-state index contributed by atoms with van der Waals surface area (Å²) in [5.41, 5.74) is 1.03. The number of nitrogens with zero attached hydrogens (tertiary/aromatic N) is 3. The van der Waals surface area contributed by atoms with Gasteiger partial charge in [-0.15, -0.1) is 0 Å². The normalized spacial score (nSPS) is 21.3. The van der Waals surface area contributed by atoms with Gasteiger partial charge in [0.05, 0.1) is 5.54 Å². The molecule has 0 spiro atoms. The number of piperazine rings is 1. The third-order valence-corrected chi connectivity index (χ3v) is 5.58. The van der Waals surface area contributed by atoms with Crippen LogP contribution in [-0.2, 0) is 9.59 Å². The van der Waals surface area contributed by atoms with Crippen molar-refractivity contribution < 1.29 is 9.59 Å². The number of carbonyl (C=O) groups is 2. The van der Waals surface area contributed by atoms with Crippen molar-refractivity contribution in [1.29, 1.82) is 0 Å². The van der Waals surface area contributed by atoms with Crippen molar-refractivity contribution in [2.45, 2.75) is 39.2 Å². The molecule has 0 N–H and O–H groups in total. The van der Waals surface area contributed by atoms with E-state index in [2.05, 4.69) is 47.9 Å². The number of piperidine rings is 1. The van der Waals surface area contributed by atoms with Crippen molar-refractivity contribution in [3.05, 3.63) is 30.3 Å². The molecule has 0 aromatic heterocycles. The van der Waals surface area contributed by atoms with Gasteiger partial charge >= 0.3 is 0 Å². The quantitative estimate of drug-likeness (QED) is 0.828. The van der Waals surface area contributed by atoms with Gasteiger partial charge < -0.3 is 14.7 Å². The number of likely N-dealkylation sites (tertiary alicyclic amines) is 1. The minimum Gasteiger partial charge on any atom is -0.367 e. The standard InChI is InChI=1S/C20H29N3O2/c1-16(24)21-11-9-17(10-12-21)19(25)23-14-13-22(15-20(23,2)3)18-7-5-4-6-8-18/h4-8,17H,9-15H2,1-3H3. The van der Waals surface area contributed by atoms with Gasteiger partial charge in [-0.2, -0.15) is 0 Å². The molecule has 5 nitrogen and oxygen atoms in total. The van der Waals surface area contributed by atoms with Crippen molar-refractivity contribution in [2.75, 3.05) is 37.6 Å². The van der Waals surface area contributed by atoms with Crippen molar-refractivity contribution in [2.24, 2.45) is 5.92 Å². The first-order chi connectivity index (χ1) is 11.9. The van der Waals surface area contributed by atoms with E-state index in [9.17, 15) is 9.59 Å². The minimum absolute atomic E-state index is 0.0538. The van der Waals surface area contributed by atoms with Gasteiger partial charge in [0.1, 0.15) is 0 Å². The van der Waals surface area contributed by atoms with Crippen LogP contribution in [0.5, 0.6) is 0 Å². The molecule has 0 atom stereocenters. The lowest BCUT2D eigenvalue weighted by molar-refractivity contribution is -0.145. The number of anilines is 1. The average Bonchev–Trinajstić information content (AvgIpc) is 2.61. The van der Waals surface area contributed by atoms with E-state index in [4.69, 9.17) is 0 Å². The lowest BCUT2D eigenvalue weighted by Gasteiger charge is -2.49. The van der Waals surface area contributed by atoms with E-state index in [1.54, 1.807) is 6.92 Å². The minimum atomic E-state index is -0.192. The number of hydrogen-bond donors (Lipinski definition) is 0. The predicted molar refractivity (Wildman–Crippen MR) is 99.4 cm³/mol. The van der Waals surface area contributed by atoms with E-state index >= 15 is 0 Å². The number of rotatable bonds is 2. The fourth-order valence-electron chi connectivity index (χ4n) is 4.08. The molecule has 2 aliphatic heterocycles. The summed E-state index contributed by atoms with van der Waals surface area (Å²) >= 11 is 0. The highest BCUT2D eigenvalue weighted by Gasteiger charge is 2.40. The first-order valence-corrected chi connectivity index (χ1v) is 9.25. The Labute approximate surface area is 150 Å². The topological polar surface area (TPSA) is 43.9 Å². The summed E-state index contributed by atoms with van der Waals surface area (Å²) in [4.78, 5) is 30.9. The lowest BCUT2D eigenvalue weighted by Crippen LogP contribution is -2.62. The number of amides is 2. The van der Waals surface area contributed by atoms with Crippen LogP contribution in [0.15, 0.2) is 30.3 Å². The molecule has 1 aromatic rings. The van der Waals surface area contributed by atoms with Crippen molar-refractivity contribution in [3.63, 3.8) is 0 Å². The largest absolute Gasteiger partial charge is 0.367 e. The van der Waals surface area contributed by atoms with Gasteiger partial charge in [0.15, 0.2) is 0 Å². The molecule has 0 saturated carbocycles. The van der Waals surface area contributed by atoms with E-state index in [-0.39, 0.29) is 23.3 Å². The Hall–Kier alpha value is -2.04. The zero-order chi connectivity index (χ0) is 18.0. The van der Waals surface area contributed by atoms with Gasteiger partial charge in [-0.3, -0.25) is 9.59 Å². The molecule has 1 aromatic carbocycles. The van der Waals surface area contributed by atoms with E-state index in [0.29, 0.717) is 13.1 Å². The highest BCUT2D eigenvalue weighted by Crippen LogP contribution is 2.29. The highest BCUT2D eigenvalue weighted by atomic mass is 16.2. The fourth-order valence-corrected chi connectivity index (χ4v) is 4.08. The van der Waals surface area contributed by atoms with Crippen LogP contribution in [0.4, 0.5) is 5.69 Å². The van der Waals surface area contributed by atoms with Crippen LogP contribution < -0.4 is 4.90 Å². The number of carbonyl (C=O) groups excluding carboxylic acids is 2. The summed E-state index contributed by atoms with van der Waals surface area (Å²) in [5, 5.41) is 0. The van der Waals surface area contributed by atoms with Crippen molar-refractivity contribution >= 4 is 17.5 Å². The summed E-state index contributed by atoms with van der Waals surface area (Å²) in [6, 6.07) is 10.4. The molecular weight excluding hydrogens is 314 g/mol. The maximum atomic E-state index is 13.1. The lowest BCUT2D eigenvalue weighted by atomic mass is 9.91. The Morgan fingerprint density at radius 3 is 2.20 bits per heavy atom. The second-order valence-corrected chi connectivity index (χ2v) is 7.84. The second kappa shape index (κ2) is 7.06. The smallest absolute Gasteiger partial charge is 0.226 e. The van der Waals surface area contributed by atoms with Crippen LogP contribution in [0.2, 0.25) is 0 Å². The molecule has 5 heteroatoms. The third-order valence-electron chi connectivity index (χ3n) is 5.58. The zero-order valence-electron chi connectivity index (χ0n) is 15.6. The Kier molecular flexibility index (Phi) is 5.02. The monoisotopic (exact) mass is 343 g/mol. The Bertz CT molecular complexity index is 621. The molecule has 25 heavy (non-hydrogen) atoms. The van der Waals surface area contributed by atoms with Gasteiger partial charge in [-0.25, -0.2) is 0 Å². The molecule has 2 saturated heterocycles. The summed E-state index contributed by atoms with van der Waals surface area (Å²) in [7, 11) is 0. The van der Waals surface area contributed by atoms with Gasteiger partial charge in [-0.05, 0) is 38.8 Å². The molecule has 2 amide bonds. The van der Waals surface area contributed by atoms with Gasteiger partial charge in [-0.1, -0.05) is 18.2 Å². The summed E-state index contributed by atoms with van der Waals surface area (Å²) in [6.45, 7) is 9.80. The Balaban J connectivity index is 1.63. The fraction of sp³-hybridized carbons (Fsp3) is 0.600.